The molecule has 1 aliphatic heterocycles. The Labute approximate surface area is 189 Å². The van der Waals surface area contributed by atoms with Crippen molar-refractivity contribution in [2.45, 2.75) is 25.8 Å². The number of benzene rings is 2. The smallest absolute Gasteiger partial charge is 0.292 e. The number of likely N-dealkylation sites (tertiary alicyclic amines) is 1. The molecule has 33 heavy (non-hydrogen) atoms. The van der Waals surface area contributed by atoms with E-state index in [1.807, 2.05) is 42.5 Å². The second-order valence-electron chi connectivity index (χ2n) is 7.87. The number of nitrogens with one attached hydrogen (secondary N) is 1. The summed E-state index contributed by atoms with van der Waals surface area (Å²) in [7, 11) is 0. The Kier molecular flexibility index (Phi) is 5.77. The minimum atomic E-state index is -0.481. The monoisotopic (exact) mass is 445 g/mol. The van der Waals surface area contributed by atoms with Gasteiger partial charge in [0.1, 0.15) is 5.69 Å². The fraction of sp³-hybridized carbons (Fsp3) is 0.273. The number of carbonyl (C=O) groups excluding carboxylic acids is 1. The number of carbonyl (C=O) groups is 1. The molecule has 11 nitrogen and oxygen atoms in total. The van der Waals surface area contributed by atoms with Crippen LogP contribution in [-0.2, 0) is 6.54 Å². The van der Waals surface area contributed by atoms with E-state index >= 15 is 0 Å². The first kappa shape index (κ1) is 20.8. The lowest BCUT2D eigenvalue weighted by Gasteiger charge is -2.25. The highest BCUT2D eigenvalue weighted by Gasteiger charge is 2.26. The van der Waals surface area contributed by atoms with Gasteiger partial charge in [-0.2, -0.15) is 9.78 Å². The van der Waals surface area contributed by atoms with Gasteiger partial charge in [-0.05, 0) is 47.0 Å². The van der Waals surface area contributed by atoms with Gasteiger partial charge in [-0.15, -0.1) is 5.10 Å². The molecule has 0 spiro atoms. The van der Waals surface area contributed by atoms with Crippen LogP contribution in [-0.4, -0.2) is 55.4 Å². The first-order valence-electron chi connectivity index (χ1n) is 10.8. The number of rotatable bonds is 6. The molecule has 168 valence electrons. The quantitative estimate of drug-likeness (QED) is 0.340. The highest BCUT2D eigenvalue weighted by Crippen LogP contribution is 2.19. The lowest BCUT2D eigenvalue weighted by atomic mass is 10.1. The molecule has 1 saturated heterocycles. The molecule has 0 radical (unpaired) electrons. The molecule has 2 aromatic carbocycles. The molecular formula is C22H23N9O2. The molecule has 1 amide bonds. The molecular weight excluding hydrogens is 422 g/mol. The van der Waals surface area contributed by atoms with Crippen molar-refractivity contribution >= 4 is 28.7 Å². The van der Waals surface area contributed by atoms with Crippen molar-refractivity contribution in [3.63, 3.8) is 0 Å². The fourth-order valence-corrected chi connectivity index (χ4v) is 4.04. The summed E-state index contributed by atoms with van der Waals surface area (Å²) in [6.07, 6.45) is 5.06. The highest BCUT2D eigenvalue weighted by molar-refractivity contribution is 6.00. The van der Waals surface area contributed by atoms with Gasteiger partial charge >= 0.3 is 0 Å². The van der Waals surface area contributed by atoms with Crippen molar-refractivity contribution < 1.29 is 9.42 Å². The fourth-order valence-electron chi connectivity index (χ4n) is 4.04. The van der Waals surface area contributed by atoms with Gasteiger partial charge in [0.15, 0.2) is 5.69 Å². The Morgan fingerprint density at radius 1 is 1.12 bits per heavy atom. The Morgan fingerprint density at radius 2 is 1.94 bits per heavy atom. The lowest BCUT2D eigenvalue weighted by molar-refractivity contribution is 0.0944. The Hall–Kier alpha value is -4.12. The average molecular weight is 445 g/mol. The molecule has 0 bridgehead atoms. The molecule has 1 aliphatic rings. The van der Waals surface area contributed by atoms with E-state index in [1.165, 1.54) is 11.1 Å². The van der Waals surface area contributed by atoms with Crippen molar-refractivity contribution in [3.05, 3.63) is 59.4 Å². The molecule has 3 N–H and O–H groups in total. The van der Waals surface area contributed by atoms with Crippen molar-refractivity contribution in [1.82, 2.24) is 35.6 Å². The van der Waals surface area contributed by atoms with Gasteiger partial charge in [0.2, 0.25) is 11.6 Å². The van der Waals surface area contributed by atoms with Gasteiger partial charge in [-0.3, -0.25) is 9.69 Å². The minimum Gasteiger partial charge on any atom is -0.378 e. The number of anilines is 1. The van der Waals surface area contributed by atoms with E-state index in [0.717, 1.165) is 42.3 Å². The zero-order chi connectivity index (χ0) is 22.6. The highest BCUT2D eigenvalue weighted by atomic mass is 16.6. The number of piperidine rings is 1. The molecule has 11 heteroatoms. The summed E-state index contributed by atoms with van der Waals surface area (Å²) in [5, 5.41) is 22.0. The first-order chi connectivity index (χ1) is 16.2. The van der Waals surface area contributed by atoms with Crippen LogP contribution in [0.4, 0.5) is 5.82 Å². The van der Waals surface area contributed by atoms with E-state index < -0.39 is 5.91 Å². The molecule has 0 saturated carbocycles. The van der Waals surface area contributed by atoms with Crippen LogP contribution in [0.1, 0.15) is 41.0 Å². The normalized spacial score (nSPS) is 14.8. The Balaban J connectivity index is 1.42. The molecule has 3 heterocycles. The van der Waals surface area contributed by atoms with E-state index in [0.29, 0.717) is 12.2 Å². The summed E-state index contributed by atoms with van der Waals surface area (Å²) in [6, 6.07) is 13.9. The molecule has 2 aromatic heterocycles. The zero-order valence-corrected chi connectivity index (χ0v) is 17.9. The standard InChI is InChI=1S/C22H23N9O2/c23-20-21(28-33-27-20)31-19(18(25-29-31)14-30-11-4-1-5-12-30)22(32)26-24-13-16-9-6-8-15-7-2-3-10-17(15)16/h2-3,6-10,13H,1,4-5,11-12,14H2,(H2,23,27)(H,26,32)/b24-13+. The molecule has 0 unspecified atom stereocenters. The third kappa shape index (κ3) is 4.30. The number of hydrazone groups is 1. The third-order valence-corrected chi connectivity index (χ3v) is 5.67. The number of aromatic nitrogens is 5. The van der Waals surface area contributed by atoms with Crippen LogP contribution < -0.4 is 11.2 Å². The maximum Gasteiger partial charge on any atom is 0.292 e. The minimum absolute atomic E-state index is 0.0118. The van der Waals surface area contributed by atoms with Crippen molar-refractivity contribution in [1.29, 1.82) is 0 Å². The zero-order valence-electron chi connectivity index (χ0n) is 17.9. The van der Waals surface area contributed by atoms with Gasteiger partial charge < -0.3 is 5.73 Å². The Bertz CT molecular complexity index is 1300. The number of fused-ring (bicyclic) bond motifs is 1. The van der Waals surface area contributed by atoms with Crippen LogP contribution in [0.5, 0.6) is 0 Å². The van der Waals surface area contributed by atoms with Crippen LogP contribution in [0, 0.1) is 0 Å². The predicted molar refractivity (Wildman–Crippen MR) is 122 cm³/mol. The van der Waals surface area contributed by atoms with Crippen LogP contribution >= 0.6 is 0 Å². The molecule has 1 fully saturated rings. The topological polar surface area (TPSA) is 140 Å². The largest absolute Gasteiger partial charge is 0.378 e. The van der Waals surface area contributed by atoms with Crippen LogP contribution in [0.2, 0.25) is 0 Å². The lowest BCUT2D eigenvalue weighted by Crippen LogP contribution is -2.31. The molecule has 0 aliphatic carbocycles. The molecule has 5 rings (SSSR count). The average Bonchev–Trinajstić information content (AvgIpc) is 3.45. The number of nitrogen functional groups attached to an aromatic ring is 1. The van der Waals surface area contributed by atoms with E-state index in [-0.39, 0.29) is 17.3 Å². The van der Waals surface area contributed by atoms with Crippen LogP contribution in [0.15, 0.2) is 52.2 Å². The number of hydrogen-bond acceptors (Lipinski definition) is 9. The summed E-state index contributed by atoms with van der Waals surface area (Å²) in [5.41, 5.74) is 10.0. The van der Waals surface area contributed by atoms with Gasteiger partial charge in [0.25, 0.3) is 5.91 Å². The van der Waals surface area contributed by atoms with E-state index in [1.54, 1.807) is 6.21 Å². The summed E-state index contributed by atoms with van der Waals surface area (Å²) < 4.78 is 5.93. The SMILES string of the molecule is Nc1nonc1-n1nnc(CN2CCCCC2)c1C(=O)N/N=C/c1cccc2ccccc12. The summed E-state index contributed by atoms with van der Waals surface area (Å²) in [4.78, 5) is 15.4. The number of nitrogens with zero attached hydrogens (tertiary/aromatic N) is 7. The number of hydrogen-bond donors (Lipinski definition) is 2. The number of amides is 1. The second-order valence-corrected chi connectivity index (χ2v) is 7.87. The second kappa shape index (κ2) is 9.17. The van der Waals surface area contributed by atoms with Crippen molar-refractivity contribution in [3.8, 4) is 5.82 Å². The maximum atomic E-state index is 13.2. The Morgan fingerprint density at radius 3 is 2.76 bits per heavy atom. The van der Waals surface area contributed by atoms with Gasteiger partial charge in [-0.25, -0.2) is 10.1 Å². The predicted octanol–water partition coefficient (Wildman–Crippen LogP) is 2.14. The van der Waals surface area contributed by atoms with E-state index in [9.17, 15) is 4.79 Å². The van der Waals surface area contributed by atoms with E-state index in [2.05, 4.69) is 40.7 Å². The van der Waals surface area contributed by atoms with Crippen molar-refractivity contribution in [2.24, 2.45) is 5.10 Å². The van der Waals surface area contributed by atoms with Crippen LogP contribution in [0.3, 0.4) is 0 Å². The third-order valence-electron chi connectivity index (χ3n) is 5.67. The number of nitrogens with two attached hydrogens (primary N) is 1. The summed E-state index contributed by atoms with van der Waals surface area (Å²) in [6.45, 7) is 2.38. The summed E-state index contributed by atoms with van der Waals surface area (Å²) in [5.74, 6) is -0.362. The molecule has 4 aromatic rings. The molecule has 0 atom stereocenters. The van der Waals surface area contributed by atoms with Crippen molar-refractivity contribution in [2.75, 3.05) is 18.8 Å². The first-order valence-corrected chi connectivity index (χ1v) is 10.8. The van der Waals surface area contributed by atoms with Gasteiger partial charge in [-0.1, -0.05) is 54.1 Å². The van der Waals surface area contributed by atoms with Crippen LogP contribution in [0.25, 0.3) is 16.6 Å². The summed E-state index contributed by atoms with van der Waals surface area (Å²) >= 11 is 0. The maximum absolute atomic E-state index is 13.2. The van der Waals surface area contributed by atoms with Gasteiger partial charge in [0.05, 0.1) is 6.21 Å². The van der Waals surface area contributed by atoms with E-state index in [4.69, 9.17) is 5.73 Å². The van der Waals surface area contributed by atoms with Gasteiger partial charge in [0, 0.05) is 12.1 Å².